The lowest BCUT2D eigenvalue weighted by atomic mass is 10.2. The summed E-state index contributed by atoms with van der Waals surface area (Å²) in [6.45, 7) is 3.67. The van der Waals surface area contributed by atoms with Gasteiger partial charge in [-0.05, 0) is 66.8 Å². The van der Waals surface area contributed by atoms with Crippen LogP contribution < -0.4 is 9.04 Å². The van der Waals surface area contributed by atoms with Crippen LogP contribution in [0.25, 0.3) is 10.2 Å². The van der Waals surface area contributed by atoms with Gasteiger partial charge in [-0.25, -0.2) is 18.4 Å². The zero-order valence-corrected chi connectivity index (χ0v) is 17.8. The van der Waals surface area contributed by atoms with Crippen LogP contribution >= 0.6 is 11.3 Å². The van der Waals surface area contributed by atoms with Crippen LogP contribution in [0.3, 0.4) is 0 Å². The van der Waals surface area contributed by atoms with Gasteiger partial charge in [0.2, 0.25) is 5.88 Å². The second-order valence-electron chi connectivity index (χ2n) is 6.65. The number of benzene rings is 2. The van der Waals surface area contributed by atoms with Crippen molar-refractivity contribution in [3.63, 3.8) is 0 Å². The number of hydrogen-bond acceptors (Lipinski definition) is 6. The van der Waals surface area contributed by atoms with E-state index in [9.17, 15) is 8.42 Å². The largest absolute Gasteiger partial charge is 0.437 e. The lowest BCUT2D eigenvalue weighted by Gasteiger charge is -2.21. The Balaban J connectivity index is 1.60. The van der Waals surface area contributed by atoms with E-state index in [-0.39, 0.29) is 0 Å². The van der Waals surface area contributed by atoms with E-state index in [4.69, 9.17) is 4.74 Å². The van der Waals surface area contributed by atoms with Gasteiger partial charge in [0.25, 0.3) is 10.0 Å². The standard InChI is InChI=1S/C21H19N3O3S2/c1-14-4-5-15(2)19(12-14)29(25,26)24(3)16-6-8-17(9-7-16)27-21-20-18(10-11-28-20)22-13-23-21/h4-13H,1-3H3. The number of fused-ring (bicyclic) bond motifs is 1. The molecule has 0 aliphatic carbocycles. The lowest BCUT2D eigenvalue weighted by Crippen LogP contribution is -2.27. The molecule has 0 aliphatic rings. The van der Waals surface area contributed by atoms with Gasteiger partial charge in [0.1, 0.15) is 16.8 Å². The maximum atomic E-state index is 13.1. The third-order valence-electron chi connectivity index (χ3n) is 4.61. The monoisotopic (exact) mass is 425 g/mol. The first-order valence-electron chi connectivity index (χ1n) is 8.88. The fraction of sp³-hybridized carbons (Fsp3) is 0.143. The Kier molecular flexibility index (Phi) is 4.97. The SMILES string of the molecule is Cc1ccc(C)c(S(=O)(=O)N(C)c2ccc(Oc3ncnc4ccsc34)cc2)c1. The van der Waals surface area contributed by atoms with E-state index in [0.717, 1.165) is 15.8 Å². The molecule has 148 valence electrons. The number of hydrogen-bond donors (Lipinski definition) is 0. The molecular weight excluding hydrogens is 406 g/mol. The van der Waals surface area contributed by atoms with Gasteiger partial charge in [0, 0.05) is 7.05 Å². The summed E-state index contributed by atoms with van der Waals surface area (Å²) in [4.78, 5) is 8.70. The average Bonchev–Trinajstić information content (AvgIpc) is 3.20. The summed E-state index contributed by atoms with van der Waals surface area (Å²) in [5, 5.41) is 1.93. The molecule has 0 saturated heterocycles. The number of sulfonamides is 1. The molecule has 0 spiro atoms. The van der Waals surface area contributed by atoms with Crippen LogP contribution in [0.4, 0.5) is 5.69 Å². The van der Waals surface area contributed by atoms with Crippen LogP contribution in [-0.4, -0.2) is 25.4 Å². The van der Waals surface area contributed by atoms with Crippen LogP contribution in [-0.2, 0) is 10.0 Å². The first kappa shape index (κ1) is 19.4. The van der Waals surface area contributed by atoms with E-state index < -0.39 is 10.0 Å². The van der Waals surface area contributed by atoms with Crippen LogP contribution in [0.1, 0.15) is 11.1 Å². The van der Waals surface area contributed by atoms with Gasteiger partial charge < -0.3 is 4.74 Å². The summed E-state index contributed by atoms with van der Waals surface area (Å²) >= 11 is 1.51. The van der Waals surface area contributed by atoms with Crippen LogP contribution in [0.15, 0.2) is 65.1 Å². The zero-order valence-electron chi connectivity index (χ0n) is 16.2. The fourth-order valence-corrected chi connectivity index (χ4v) is 5.22. The Labute approximate surface area is 173 Å². The second kappa shape index (κ2) is 7.46. The molecule has 0 aliphatic heterocycles. The number of anilines is 1. The Morgan fingerprint density at radius 1 is 1.00 bits per heavy atom. The summed E-state index contributed by atoms with van der Waals surface area (Å²) < 4.78 is 34.2. The molecule has 2 aromatic carbocycles. The van der Waals surface area contributed by atoms with E-state index in [0.29, 0.717) is 27.8 Å². The lowest BCUT2D eigenvalue weighted by molar-refractivity contribution is 0.469. The van der Waals surface area contributed by atoms with Gasteiger partial charge in [0.15, 0.2) is 0 Å². The number of ether oxygens (including phenoxy) is 1. The molecule has 0 atom stereocenters. The van der Waals surface area contributed by atoms with Crippen molar-refractivity contribution < 1.29 is 13.2 Å². The van der Waals surface area contributed by atoms with Gasteiger partial charge >= 0.3 is 0 Å². The third-order valence-corrected chi connectivity index (χ3v) is 7.43. The van der Waals surface area contributed by atoms with Crippen LogP contribution in [0, 0.1) is 13.8 Å². The first-order chi connectivity index (χ1) is 13.9. The molecule has 8 heteroatoms. The van der Waals surface area contributed by atoms with Gasteiger partial charge in [-0.15, -0.1) is 11.3 Å². The van der Waals surface area contributed by atoms with E-state index in [1.54, 1.807) is 44.3 Å². The predicted octanol–water partition coefficient (Wildman–Crippen LogP) is 4.93. The number of nitrogens with zero attached hydrogens (tertiary/aromatic N) is 3. The number of aryl methyl sites for hydroxylation is 2. The molecule has 2 aromatic heterocycles. The maximum absolute atomic E-state index is 13.1. The predicted molar refractivity (Wildman–Crippen MR) is 115 cm³/mol. The molecule has 4 rings (SSSR count). The number of thiophene rings is 1. The molecule has 0 saturated carbocycles. The highest BCUT2D eigenvalue weighted by molar-refractivity contribution is 7.92. The van der Waals surface area contributed by atoms with Crippen molar-refractivity contribution in [3.05, 3.63) is 71.4 Å². The molecule has 0 N–H and O–H groups in total. The Hall–Kier alpha value is -2.97. The molecule has 0 amide bonds. The molecule has 0 radical (unpaired) electrons. The number of aromatic nitrogens is 2. The van der Waals surface area contributed by atoms with E-state index in [2.05, 4.69) is 9.97 Å². The minimum absolute atomic E-state index is 0.307. The maximum Gasteiger partial charge on any atom is 0.264 e. The summed E-state index contributed by atoms with van der Waals surface area (Å²) in [5.41, 5.74) is 2.99. The van der Waals surface area contributed by atoms with Crippen molar-refractivity contribution in [1.82, 2.24) is 9.97 Å². The third kappa shape index (κ3) is 3.68. The van der Waals surface area contributed by atoms with Gasteiger partial charge in [-0.2, -0.15) is 0 Å². The van der Waals surface area contributed by atoms with Crippen molar-refractivity contribution in [3.8, 4) is 11.6 Å². The van der Waals surface area contributed by atoms with Gasteiger partial charge in [-0.3, -0.25) is 4.31 Å². The molecule has 29 heavy (non-hydrogen) atoms. The smallest absolute Gasteiger partial charge is 0.264 e. The minimum Gasteiger partial charge on any atom is -0.437 e. The first-order valence-corrected chi connectivity index (χ1v) is 11.2. The molecule has 2 heterocycles. The molecule has 4 aromatic rings. The zero-order chi connectivity index (χ0) is 20.6. The highest BCUT2D eigenvalue weighted by Gasteiger charge is 2.23. The molecule has 0 bridgehead atoms. The minimum atomic E-state index is -3.66. The van der Waals surface area contributed by atoms with E-state index >= 15 is 0 Å². The topological polar surface area (TPSA) is 72.4 Å². The van der Waals surface area contributed by atoms with Gasteiger partial charge in [-0.1, -0.05) is 12.1 Å². The van der Waals surface area contributed by atoms with E-state index in [1.807, 2.05) is 30.5 Å². The van der Waals surface area contributed by atoms with Crippen molar-refractivity contribution in [2.45, 2.75) is 18.7 Å². The molecule has 0 fully saturated rings. The van der Waals surface area contributed by atoms with Crippen LogP contribution in [0.5, 0.6) is 11.6 Å². The van der Waals surface area contributed by atoms with Crippen molar-refractivity contribution >= 4 is 37.3 Å². The quantitative estimate of drug-likeness (QED) is 0.454. The van der Waals surface area contributed by atoms with Crippen molar-refractivity contribution in [1.29, 1.82) is 0 Å². The molecular formula is C21H19N3O3S2. The molecule has 6 nitrogen and oxygen atoms in total. The summed E-state index contributed by atoms with van der Waals surface area (Å²) in [7, 11) is -2.12. The summed E-state index contributed by atoms with van der Waals surface area (Å²) in [6, 6.07) is 14.2. The average molecular weight is 426 g/mol. The Morgan fingerprint density at radius 3 is 2.52 bits per heavy atom. The normalized spacial score (nSPS) is 11.6. The highest BCUT2D eigenvalue weighted by atomic mass is 32.2. The van der Waals surface area contributed by atoms with Crippen molar-refractivity contribution in [2.24, 2.45) is 0 Å². The molecule has 0 unspecified atom stereocenters. The Bertz CT molecular complexity index is 1280. The fourth-order valence-electron chi connectivity index (χ4n) is 2.95. The van der Waals surface area contributed by atoms with E-state index in [1.165, 1.54) is 22.0 Å². The number of rotatable bonds is 5. The Morgan fingerprint density at radius 2 is 1.76 bits per heavy atom. The summed E-state index contributed by atoms with van der Waals surface area (Å²) in [5.74, 6) is 1.05. The van der Waals surface area contributed by atoms with Crippen LogP contribution in [0.2, 0.25) is 0 Å². The van der Waals surface area contributed by atoms with Gasteiger partial charge in [0.05, 0.1) is 16.1 Å². The second-order valence-corrected chi connectivity index (χ2v) is 9.51. The summed E-state index contributed by atoms with van der Waals surface area (Å²) in [6.07, 6.45) is 1.46. The van der Waals surface area contributed by atoms with Crippen molar-refractivity contribution in [2.75, 3.05) is 11.4 Å². The highest BCUT2D eigenvalue weighted by Crippen LogP contribution is 2.32.